The fraction of sp³-hybridized carbons (Fsp3) is 0.450. The van der Waals surface area contributed by atoms with E-state index in [0.717, 1.165) is 4.90 Å². The summed E-state index contributed by atoms with van der Waals surface area (Å²) in [6.07, 6.45) is 3.38. The summed E-state index contributed by atoms with van der Waals surface area (Å²) in [6.45, 7) is 0. The van der Waals surface area contributed by atoms with Crippen LogP contribution in [0.25, 0.3) is 0 Å². The Morgan fingerprint density at radius 1 is 1.21 bits per heavy atom. The lowest BCUT2D eigenvalue weighted by molar-refractivity contribution is -0.143. The Hall–Kier alpha value is -2.32. The van der Waals surface area contributed by atoms with Gasteiger partial charge in [-0.2, -0.15) is 0 Å². The average Bonchev–Trinajstić information content (AvgIpc) is 3.32. The number of thioether (sulfide) groups is 1. The highest BCUT2D eigenvalue weighted by molar-refractivity contribution is 8.00. The number of cyclic esters (lactones) is 1. The van der Waals surface area contributed by atoms with Gasteiger partial charge < -0.3 is 14.2 Å². The van der Waals surface area contributed by atoms with E-state index in [0.29, 0.717) is 18.4 Å². The maximum absolute atomic E-state index is 12.5. The smallest absolute Gasteiger partial charge is 0.335 e. The number of hydrogen-bond acceptors (Lipinski definition) is 8. The summed E-state index contributed by atoms with van der Waals surface area (Å²) < 4.78 is 15.3. The number of carbonyl (C=O) groups is 3. The predicted octanol–water partition coefficient (Wildman–Crippen LogP) is 2.20. The summed E-state index contributed by atoms with van der Waals surface area (Å²) in [4.78, 5) is 35.8. The first-order valence-corrected chi connectivity index (χ1v) is 9.89. The van der Waals surface area contributed by atoms with Crippen LogP contribution in [0.5, 0.6) is 0 Å². The normalized spacial score (nSPS) is 26.5. The van der Waals surface area contributed by atoms with Crippen molar-refractivity contribution in [1.29, 1.82) is 0 Å². The number of rotatable bonds is 7. The quantitative estimate of drug-likeness (QED) is 0.545. The molecule has 0 bridgehead atoms. The van der Waals surface area contributed by atoms with Gasteiger partial charge in [0.1, 0.15) is 6.04 Å². The van der Waals surface area contributed by atoms with Gasteiger partial charge in [0, 0.05) is 16.9 Å². The SMILES string of the molecule is COC(=O)CCC1=CC(Sc2ccccc2)(C2CC[C@@H](C(=O)OC)N2)OC1=O. The Bertz CT molecular complexity index is 780. The second-order valence-corrected chi connectivity index (χ2v) is 7.96. The van der Waals surface area contributed by atoms with Crippen molar-refractivity contribution in [2.24, 2.45) is 0 Å². The van der Waals surface area contributed by atoms with Gasteiger partial charge in [0.15, 0.2) is 4.93 Å². The fourth-order valence-corrected chi connectivity index (χ4v) is 4.72. The molecule has 2 aliphatic rings. The Labute approximate surface area is 167 Å². The predicted molar refractivity (Wildman–Crippen MR) is 102 cm³/mol. The van der Waals surface area contributed by atoms with Crippen molar-refractivity contribution in [1.82, 2.24) is 5.32 Å². The van der Waals surface area contributed by atoms with E-state index in [4.69, 9.17) is 9.47 Å². The van der Waals surface area contributed by atoms with Gasteiger partial charge in [-0.3, -0.25) is 14.9 Å². The summed E-state index contributed by atoms with van der Waals surface area (Å²) in [5.74, 6) is -1.16. The fourth-order valence-electron chi connectivity index (χ4n) is 3.41. The molecule has 1 aromatic rings. The summed E-state index contributed by atoms with van der Waals surface area (Å²) in [5.41, 5.74) is 0.442. The van der Waals surface area contributed by atoms with Gasteiger partial charge in [-0.05, 0) is 37.5 Å². The van der Waals surface area contributed by atoms with Crippen molar-refractivity contribution in [2.45, 2.75) is 47.6 Å². The second kappa shape index (κ2) is 8.79. The highest BCUT2D eigenvalue weighted by Gasteiger charge is 2.50. The number of methoxy groups -OCH3 is 2. The number of nitrogens with one attached hydrogen (secondary N) is 1. The monoisotopic (exact) mass is 405 g/mol. The van der Waals surface area contributed by atoms with E-state index in [1.54, 1.807) is 6.08 Å². The third kappa shape index (κ3) is 4.39. The van der Waals surface area contributed by atoms with Crippen LogP contribution in [0, 0.1) is 0 Å². The first-order valence-electron chi connectivity index (χ1n) is 9.07. The van der Waals surface area contributed by atoms with Gasteiger partial charge in [0.05, 0.1) is 20.3 Å². The molecule has 1 fully saturated rings. The third-order valence-electron chi connectivity index (χ3n) is 4.85. The van der Waals surface area contributed by atoms with Gasteiger partial charge in [-0.1, -0.05) is 30.0 Å². The summed E-state index contributed by atoms with van der Waals surface area (Å²) in [6, 6.07) is 8.91. The highest BCUT2D eigenvalue weighted by Crippen LogP contribution is 2.46. The van der Waals surface area contributed by atoms with Gasteiger partial charge >= 0.3 is 17.9 Å². The lowest BCUT2D eigenvalue weighted by Gasteiger charge is -2.32. The molecule has 0 radical (unpaired) electrons. The molecule has 0 aliphatic carbocycles. The van der Waals surface area contributed by atoms with E-state index in [1.807, 2.05) is 30.3 Å². The van der Waals surface area contributed by atoms with Crippen LogP contribution in [0.3, 0.4) is 0 Å². The van der Waals surface area contributed by atoms with Crippen LogP contribution in [-0.4, -0.2) is 49.1 Å². The first-order chi connectivity index (χ1) is 13.5. The topological polar surface area (TPSA) is 90.9 Å². The molecule has 1 aromatic carbocycles. The highest BCUT2D eigenvalue weighted by atomic mass is 32.2. The maximum atomic E-state index is 12.5. The van der Waals surface area contributed by atoms with Gasteiger partial charge in [0.2, 0.25) is 0 Å². The molecule has 2 aliphatic heterocycles. The number of carbonyl (C=O) groups excluding carboxylic acids is 3. The van der Waals surface area contributed by atoms with Crippen molar-refractivity contribution in [2.75, 3.05) is 14.2 Å². The molecule has 28 heavy (non-hydrogen) atoms. The van der Waals surface area contributed by atoms with Gasteiger partial charge in [-0.15, -0.1) is 0 Å². The number of ether oxygens (including phenoxy) is 3. The van der Waals surface area contributed by atoms with E-state index in [-0.39, 0.29) is 30.8 Å². The Morgan fingerprint density at radius 3 is 2.64 bits per heavy atom. The maximum Gasteiger partial charge on any atom is 0.335 e. The zero-order chi connectivity index (χ0) is 20.1. The summed E-state index contributed by atoms with van der Waals surface area (Å²) >= 11 is 1.41. The zero-order valence-electron chi connectivity index (χ0n) is 15.8. The van der Waals surface area contributed by atoms with E-state index in [9.17, 15) is 14.4 Å². The van der Waals surface area contributed by atoms with E-state index >= 15 is 0 Å². The third-order valence-corrected chi connectivity index (χ3v) is 6.17. The van der Waals surface area contributed by atoms with E-state index < -0.39 is 16.9 Å². The largest absolute Gasteiger partial charge is 0.469 e. The molecule has 7 nitrogen and oxygen atoms in total. The van der Waals surface area contributed by atoms with Crippen LogP contribution in [0.15, 0.2) is 46.9 Å². The average molecular weight is 405 g/mol. The van der Waals surface area contributed by atoms with Crippen LogP contribution in [-0.2, 0) is 28.6 Å². The molecule has 8 heteroatoms. The molecule has 1 saturated heterocycles. The summed E-state index contributed by atoms with van der Waals surface area (Å²) in [7, 11) is 2.67. The Morgan fingerprint density at radius 2 is 1.96 bits per heavy atom. The van der Waals surface area contributed by atoms with E-state index in [2.05, 4.69) is 10.1 Å². The number of benzene rings is 1. The minimum absolute atomic E-state index is 0.104. The van der Waals surface area contributed by atoms with Crippen molar-refractivity contribution < 1.29 is 28.6 Å². The van der Waals surface area contributed by atoms with Crippen LogP contribution < -0.4 is 5.32 Å². The molecular weight excluding hydrogens is 382 g/mol. The standard InChI is InChI=1S/C20H23NO6S/c1-25-17(22)11-8-13-12-20(27-18(13)23,28-14-6-4-3-5-7-14)16-10-9-15(21-16)19(24)26-2/h3-7,12,15-16,21H,8-11H2,1-2H3/t15-,16?,20?/m0/s1. The molecule has 0 aromatic heterocycles. The molecule has 2 unspecified atom stereocenters. The molecule has 3 atom stereocenters. The minimum atomic E-state index is -0.993. The lowest BCUT2D eigenvalue weighted by Crippen LogP contribution is -2.48. The molecule has 0 spiro atoms. The molecular formula is C20H23NO6S. The first kappa shape index (κ1) is 20.4. The van der Waals surface area contributed by atoms with Crippen molar-refractivity contribution in [3.05, 3.63) is 42.0 Å². The van der Waals surface area contributed by atoms with Gasteiger partial charge in [-0.25, -0.2) is 4.79 Å². The molecule has 150 valence electrons. The van der Waals surface area contributed by atoms with Gasteiger partial charge in [0.25, 0.3) is 0 Å². The molecule has 2 heterocycles. The number of esters is 3. The Kier molecular flexibility index (Phi) is 6.41. The number of hydrogen-bond donors (Lipinski definition) is 1. The van der Waals surface area contributed by atoms with Crippen LogP contribution in [0.2, 0.25) is 0 Å². The minimum Gasteiger partial charge on any atom is -0.469 e. The molecule has 3 rings (SSSR count). The van der Waals surface area contributed by atoms with Crippen LogP contribution in [0.1, 0.15) is 25.7 Å². The van der Waals surface area contributed by atoms with Crippen LogP contribution >= 0.6 is 11.8 Å². The Balaban J connectivity index is 1.85. The van der Waals surface area contributed by atoms with Crippen molar-refractivity contribution in [3.63, 3.8) is 0 Å². The van der Waals surface area contributed by atoms with E-state index in [1.165, 1.54) is 26.0 Å². The molecule has 1 N–H and O–H groups in total. The summed E-state index contributed by atoms with van der Waals surface area (Å²) in [5, 5.41) is 3.25. The second-order valence-electron chi connectivity index (χ2n) is 6.64. The zero-order valence-corrected chi connectivity index (χ0v) is 16.6. The lowest BCUT2D eigenvalue weighted by atomic mass is 10.0. The molecule has 0 amide bonds. The van der Waals surface area contributed by atoms with Crippen LogP contribution in [0.4, 0.5) is 0 Å². The molecule has 0 saturated carbocycles. The van der Waals surface area contributed by atoms with Crippen molar-refractivity contribution >= 4 is 29.7 Å². The van der Waals surface area contributed by atoms with Crippen molar-refractivity contribution in [3.8, 4) is 0 Å².